The summed E-state index contributed by atoms with van der Waals surface area (Å²) < 4.78 is 36.7. The summed E-state index contributed by atoms with van der Waals surface area (Å²) in [4.78, 5) is 0. The molecule has 13 heavy (non-hydrogen) atoms. The van der Waals surface area contributed by atoms with Gasteiger partial charge in [-0.2, -0.15) is 13.2 Å². The van der Waals surface area contributed by atoms with Crippen LogP contribution in [0.3, 0.4) is 0 Å². The smallest absolute Gasteiger partial charge is 0.165 e. The third-order valence-electron chi connectivity index (χ3n) is 1.59. The van der Waals surface area contributed by atoms with E-state index in [-0.39, 0.29) is 0 Å². The van der Waals surface area contributed by atoms with Crippen LogP contribution in [0, 0.1) is 0 Å². The molecule has 0 atom stereocenters. The summed E-state index contributed by atoms with van der Waals surface area (Å²) in [5, 5.41) is 0. The quantitative estimate of drug-likeness (QED) is 0.507. The fourth-order valence-electron chi connectivity index (χ4n) is 0.963. The minimum absolute atomic E-state index is 0.518. The second-order valence-electron chi connectivity index (χ2n) is 2.81. The fraction of sp³-hybridized carbons (Fsp3) is 0.300. The van der Waals surface area contributed by atoms with Crippen LogP contribution in [0.4, 0.5) is 13.2 Å². The van der Waals surface area contributed by atoms with Crippen LogP contribution >= 0.6 is 0 Å². The molecule has 0 aromatic carbocycles. The number of halogens is 3. The van der Waals surface area contributed by atoms with Crippen LogP contribution in [-0.4, -0.2) is 6.18 Å². The van der Waals surface area contributed by atoms with E-state index in [2.05, 4.69) is 5.73 Å². The number of alkyl halides is 3. The second kappa shape index (κ2) is 3.67. The Morgan fingerprint density at radius 1 is 1.31 bits per heavy atom. The average molecular weight is 186 g/mol. The van der Waals surface area contributed by atoms with Crippen molar-refractivity contribution < 1.29 is 13.2 Å². The summed E-state index contributed by atoms with van der Waals surface area (Å²) in [5.41, 5.74) is 2.21. The van der Waals surface area contributed by atoms with Gasteiger partial charge in [0.2, 0.25) is 0 Å². The van der Waals surface area contributed by atoms with Gasteiger partial charge in [0.15, 0.2) is 0 Å². The molecule has 70 valence electrons. The van der Waals surface area contributed by atoms with E-state index in [4.69, 9.17) is 0 Å². The molecule has 0 bridgehead atoms. The molecule has 0 nitrogen and oxygen atoms in total. The van der Waals surface area contributed by atoms with Gasteiger partial charge in [-0.3, -0.25) is 0 Å². The monoisotopic (exact) mass is 186 g/mol. The van der Waals surface area contributed by atoms with Crippen LogP contribution in [0.25, 0.3) is 0 Å². The SMILES string of the molecule is CC1=C=C(C(F)(F)F)/C=C\C=C/C1. The van der Waals surface area contributed by atoms with Gasteiger partial charge in [0.1, 0.15) is 0 Å². The van der Waals surface area contributed by atoms with Gasteiger partial charge in [0, 0.05) is 0 Å². The lowest BCUT2D eigenvalue weighted by Crippen LogP contribution is -2.09. The molecule has 0 saturated carbocycles. The summed E-state index contributed by atoms with van der Waals surface area (Å²) in [7, 11) is 0. The molecule has 0 fully saturated rings. The van der Waals surface area contributed by atoms with Crippen molar-refractivity contribution in [3.63, 3.8) is 0 Å². The molecule has 0 unspecified atom stereocenters. The van der Waals surface area contributed by atoms with Gasteiger partial charge in [0.25, 0.3) is 0 Å². The highest BCUT2D eigenvalue weighted by molar-refractivity contribution is 5.29. The highest BCUT2D eigenvalue weighted by atomic mass is 19.4. The maximum absolute atomic E-state index is 12.2. The first kappa shape index (κ1) is 9.87. The number of rotatable bonds is 0. The van der Waals surface area contributed by atoms with Crippen molar-refractivity contribution in [3.05, 3.63) is 41.2 Å². The van der Waals surface area contributed by atoms with Crippen LogP contribution in [0.2, 0.25) is 0 Å². The third-order valence-corrected chi connectivity index (χ3v) is 1.59. The molecule has 0 radical (unpaired) electrons. The number of allylic oxidation sites excluding steroid dienone is 5. The zero-order valence-corrected chi connectivity index (χ0v) is 7.15. The lowest BCUT2D eigenvalue weighted by atomic mass is 10.1. The molecular formula is C10H9F3. The van der Waals surface area contributed by atoms with Gasteiger partial charge in [0.05, 0.1) is 5.57 Å². The Balaban J connectivity index is 3.13. The highest BCUT2D eigenvalue weighted by Gasteiger charge is 2.31. The van der Waals surface area contributed by atoms with E-state index in [0.717, 1.165) is 6.08 Å². The molecular weight excluding hydrogens is 177 g/mol. The van der Waals surface area contributed by atoms with E-state index in [9.17, 15) is 13.2 Å². The summed E-state index contributed by atoms with van der Waals surface area (Å²) in [6, 6.07) is 0. The van der Waals surface area contributed by atoms with Gasteiger partial charge >= 0.3 is 6.18 Å². The Labute approximate surface area is 74.8 Å². The van der Waals surface area contributed by atoms with Gasteiger partial charge in [-0.25, -0.2) is 0 Å². The number of hydrogen-bond acceptors (Lipinski definition) is 0. The van der Waals surface area contributed by atoms with Gasteiger partial charge in [-0.05, 0) is 25.0 Å². The third kappa shape index (κ3) is 2.96. The standard InChI is InChI=1S/C10H9F3/c1-8-5-3-2-4-6-9(7-8)10(11,12)13/h2-4,6H,5H2,1H3/b3-2-,6-4-. The van der Waals surface area contributed by atoms with Crippen LogP contribution in [0.1, 0.15) is 13.3 Å². The van der Waals surface area contributed by atoms with Crippen LogP contribution in [0.15, 0.2) is 41.2 Å². The average Bonchev–Trinajstić information content (AvgIpc) is 1.94. The van der Waals surface area contributed by atoms with E-state index in [1.54, 1.807) is 19.1 Å². The van der Waals surface area contributed by atoms with E-state index in [1.807, 2.05) is 0 Å². The highest BCUT2D eigenvalue weighted by Crippen LogP contribution is 2.26. The van der Waals surface area contributed by atoms with Gasteiger partial charge < -0.3 is 0 Å². The summed E-state index contributed by atoms with van der Waals surface area (Å²) >= 11 is 0. The molecule has 0 aliphatic heterocycles. The molecule has 0 heterocycles. The molecule has 0 saturated heterocycles. The van der Waals surface area contributed by atoms with Crippen molar-refractivity contribution >= 4 is 0 Å². The molecule has 1 rings (SSSR count). The zero-order valence-electron chi connectivity index (χ0n) is 7.15. The molecule has 0 spiro atoms. The van der Waals surface area contributed by atoms with Crippen molar-refractivity contribution in [2.45, 2.75) is 19.5 Å². The van der Waals surface area contributed by atoms with Crippen molar-refractivity contribution in [3.8, 4) is 0 Å². The molecule has 0 aromatic heterocycles. The van der Waals surface area contributed by atoms with Crippen LogP contribution < -0.4 is 0 Å². The minimum atomic E-state index is -4.30. The van der Waals surface area contributed by atoms with Crippen molar-refractivity contribution in [2.75, 3.05) is 0 Å². The van der Waals surface area contributed by atoms with Crippen molar-refractivity contribution in [1.29, 1.82) is 0 Å². The Kier molecular flexibility index (Phi) is 2.79. The van der Waals surface area contributed by atoms with E-state index in [1.165, 1.54) is 6.08 Å². The predicted octanol–water partition coefficient (Wildman–Crippen LogP) is 3.54. The van der Waals surface area contributed by atoms with E-state index >= 15 is 0 Å². The lowest BCUT2D eigenvalue weighted by Gasteiger charge is -2.05. The Morgan fingerprint density at radius 2 is 2.00 bits per heavy atom. The summed E-state index contributed by atoms with van der Waals surface area (Å²) in [6.45, 7) is 1.63. The van der Waals surface area contributed by atoms with Crippen LogP contribution in [0.5, 0.6) is 0 Å². The first-order valence-corrected chi connectivity index (χ1v) is 3.87. The minimum Gasteiger partial charge on any atom is -0.165 e. The molecule has 1 aliphatic rings. The topological polar surface area (TPSA) is 0 Å². The van der Waals surface area contributed by atoms with Crippen LogP contribution in [-0.2, 0) is 0 Å². The lowest BCUT2D eigenvalue weighted by molar-refractivity contribution is -0.0880. The molecule has 0 aromatic rings. The van der Waals surface area contributed by atoms with E-state index in [0.29, 0.717) is 12.0 Å². The largest absolute Gasteiger partial charge is 0.423 e. The molecule has 3 heteroatoms. The first-order chi connectivity index (χ1) is 6.00. The van der Waals surface area contributed by atoms with Gasteiger partial charge in [-0.15, -0.1) is 5.73 Å². The van der Waals surface area contributed by atoms with Crippen molar-refractivity contribution in [1.82, 2.24) is 0 Å². The van der Waals surface area contributed by atoms with E-state index < -0.39 is 11.7 Å². The summed E-state index contributed by atoms with van der Waals surface area (Å²) in [5.74, 6) is 0. The summed E-state index contributed by atoms with van der Waals surface area (Å²) in [6.07, 6.45) is 2.02. The molecule has 1 aliphatic carbocycles. The predicted molar refractivity (Wildman–Crippen MR) is 45.2 cm³/mol. The normalized spacial score (nSPS) is 22.5. The number of hydrogen-bond donors (Lipinski definition) is 0. The fourth-order valence-corrected chi connectivity index (χ4v) is 0.963. The Bertz CT molecular complexity index is 310. The zero-order chi connectivity index (χ0) is 9.90. The maximum atomic E-state index is 12.2. The first-order valence-electron chi connectivity index (χ1n) is 3.87. The Morgan fingerprint density at radius 3 is 2.62 bits per heavy atom. The second-order valence-corrected chi connectivity index (χ2v) is 2.81. The maximum Gasteiger partial charge on any atom is 0.423 e. The van der Waals surface area contributed by atoms with Gasteiger partial charge in [-0.1, -0.05) is 18.2 Å². The Hall–Kier alpha value is -1.21. The molecule has 0 N–H and O–H groups in total. The van der Waals surface area contributed by atoms with Crippen molar-refractivity contribution in [2.24, 2.45) is 0 Å². The molecule has 0 amide bonds.